The van der Waals surface area contributed by atoms with Crippen LogP contribution in [0.5, 0.6) is 0 Å². The quantitative estimate of drug-likeness (QED) is 0.216. The van der Waals surface area contributed by atoms with Crippen LogP contribution in [-0.4, -0.2) is 62.6 Å². The molecule has 6 rings (SSSR count). The third kappa shape index (κ3) is 8.24. The molecule has 1 saturated heterocycles. The van der Waals surface area contributed by atoms with E-state index in [0.717, 1.165) is 62.2 Å². The highest BCUT2D eigenvalue weighted by Crippen LogP contribution is 2.45. The van der Waals surface area contributed by atoms with Gasteiger partial charge in [-0.2, -0.15) is 0 Å². The predicted molar refractivity (Wildman–Crippen MR) is 200 cm³/mol. The summed E-state index contributed by atoms with van der Waals surface area (Å²) in [7, 11) is 0. The van der Waals surface area contributed by atoms with Gasteiger partial charge in [0.15, 0.2) is 0 Å². The molecule has 49 heavy (non-hydrogen) atoms. The summed E-state index contributed by atoms with van der Waals surface area (Å²) >= 11 is 8.40. The number of hydrogen-bond acceptors (Lipinski definition) is 6. The lowest BCUT2D eigenvalue weighted by atomic mass is 9.77. The fraction of sp³-hybridized carbons (Fsp3) is 0.450. The predicted octanol–water partition coefficient (Wildman–Crippen LogP) is 9.70. The van der Waals surface area contributed by atoms with E-state index in [9.17, 15) is 19.3 Å². The van der Waals surface area contributed by atoms with Crippen molar-refractivity contribution in [2.75, 3.05) is 13.1 Å². The monoisotopic (exact) mass is 704 g/mol. The SMILES string of the molecule is C=CN(CCc1ccc(C2CCC(C)(O)CC2)cc1)[C@H]1CC2=C(C(=N)/C=C\CC(C)F)[C@H](c3ccc(F)cc3Cl)N=C(C3CC=CS3)N2C1. The van der Waals surface area contributed by atoms with E-state index in [-0.39, 0.29) is 28.4 Å². The van der Waals surface area contributed by atoms with Gasteiger partial charge in [-0.1, -0.05) is 60.7 Å². The van der Waals surface area contributed by atoms with Crippen molar-refractivity contribution in [2.45, 2.75) is 100 Å². The van der Waals surface area contributed by atoms with Crippen LogP contribution >= 0.6 is 23.4 Å². The highest BCUT2D eigenvalue weighted by molar-refractivity contribution is 8.03. The Morgan fingerprint density at radius 1 is 1.24 bits per heavy atom. The number of fused-ring (bicyclic) bond motifs is 1. The van der Waals surface area contributed by atoms with Gasteiger partial charge in [-0.05, 0) is 106 Å². The van der Waals surface area contributed by atoms with E-state index in [1.165, 1.54) is 30.2 Å². The Balaban J connectivity index is 1.26. The molecule has 260 valence electrons. The maximum Gasteiger partial charge on any atom is 0.124 e. The zero-order valence-electron chi connectivity index (χ0n) is 28.4. The minimum atomic E-state index is -1.01. The average molecular weight is 705 g/mol. The Kier molecular flexibility index (Phi) is 11.2. The average Bonchev–Trinajstić information content (AvgIpc) is 3.76. The molecule has 0 spiro atoms. The molecule has 2 fully saturated rings. The number of nitrogens with one attached hydrogen (secondary N) is 1. The number of thioether (sulfide) groups is 1. The second-order valence-corrected chi connectivity index (χ2v) is 15.7. The van der Waals surface area contributed by atoms with Crippen LogP contribution in [-0.2, 0) is 6.42 Å². The fourth-order valence-electron chi connectivity index (χ4n) is 7.59. The summed E-state index contributed by atoms with van der Waals surface area (Å²) in [5.41, 5.74) is 4.74. The first-order chi connectivity index (χ1) is 23.5. The lowest BCUT2D eigenvalue weighted by Crippen LogP contribution is -2.41. The topological polar surface area (TPSA) is 62.9 Å². The number of rotatable bonds is 12. The molecule has 1 aliphatic carbocycles. The van der Waals surface area contributed by atoms with Crippen LogP contribution < -0.4 is 0 Å². The van der Waals surface area contributed by atoms with Crippen molar-refractivity contribution >= 4 is 34.9 Å². The number of amidine groups is 1. The number of hydrogen-bond donors (Lipinski definition) is 2. The standard InChI is InChI=1S/C40H47ClF2N4OS/c1-4-46(21-18-27-10-12-28(13-11-27)29-16-19-40(3,48)20-17-29)31-24-35-37(34(44)8-5-7-26(2)42)38(32-15-14-30(43)23-33(32)41)45-39(47(35)25-31)36-9-6-22-49-36/h4-6,8,10-15,22-23,26,29,31,36,38,44,48H,1,7,9,16-21,24-25H2,2-3H3/b8-5-,44-34?/t26?,29?,31-,36?,38-,40?/m0/s1. The Hall–Kier alpha value is -3.20. The lowest BCUT2D eigenvalue weighted by Gasteiger charge is -2.35. The molecule has 3 aliphatic heterocycles. The van der Waals surface area contributed by atoms with Crippen molar-refractivity contribution in [1.29, 1.82) is 5.41 Å². The molecule has 2 N–H and O–H groups in total. The van der Waals surface area contributed by atoms with Gasteiger partial charge >= 0.3 is 0 Å². The molecule has 0 amide bonds. The first kappa shape index (κ1) is 35.6. The molecule has 2 unspecified atom stereocenters. The molecule has 1 saturated carbocycles. The Morgan fingerprint density at radius 2 is 2.00 bits per heavy atom. The van der Waals surface area contributed by atoms with Gasteiger partial charge in [-0.3, -0.25) is 4.99 Å². The van der Waals surface area contributed by atoms with E-state index >= 15 is 0 Å². The number of nitrogens with zero attached hydrogens (tertiary/aromatic N) is 3. The smallest absolute Gasteiger partial charge is 0.124 e. The van der Waals surface area contributed by atoms with Crippen LogP contribution in [0.4, 0.5) is 8.78 Å². The summed E-state index contributed by atoms with van der Waals surface area (Å²) in [4.78, 5) is 9.88. The van der Waals surface area contributed by atoms with Crippen molar-refractivity contribution in [3.63, 3.8) is 0 Å². The van der Waals surface area contributed by atoms with Gasteiger partial charge in [0.05, 0.1) is 22.6 Å². The maximum atomic E-state index is 14.2. The van der Waals surface area contributed by atoms with Gasteiger partial charge in [0, 0.05) is 41.4 Å². The molecule has 0 radical (unpaired) electrons. The Labute approximate surface area is 299 Å². The zero-order chi connectivity index (χ0) is 34.7. The van der Waals surface area contributed by atoms with Gasteiger partial charge in [0.1, 0.15) is 23.9 Å². The zero-order valence-corrected chi connectivity index (χ0v) is 30.0. The minimum absolute atomic E-state index is 0.103. The number of aliphatic imine (C=N–C) groups is 1. The summed E-state index contributed by atoms with van der Waals surface area (Å²) in [6, 6.07) is 12.9. The number of aliphatic hydroxyl groups is 1. The van der Waals surface area contributed by atoms with E-state index in [1.54, 1.807) is 30.0 Å². The van der Waals surface area contributed by atoms with Crippen LogP contribution in [0.15, 0.2) is 95.1 Å². The molecular weight excluding hydrogens is 658 g/mol. The van der Waals surface area contributed by atoms with Crippen LogP contribution in [0.2, 0.25) is 5.02 Å². The summed E-state index contributed by atoms with van der Waals surface area (Å²) in [5.74, 6) is 1.02. The molecule has 2 aromatic carbocycles. The summed E-state index contributed by atoms with van der Waals surface area (Å²) in [6.45, 7) is 9.14. The Morgan fingerprint density at radius 3 is 2.65 bits per heavy atom. The van der Waals surface area contributed by atoms with E-state index in [1.807, 2.05) is 13.1 Å². The first-order valence-corrected chi connectivity index (χ1v) is 18.8. The van der Waals surface area contributed by atoms with Crippen LogP contribution in [0.1, 0.15) is 87.4 Å². The highest BCUT2D eigenvalue weighted by Gasteiger charge is 2.43. The van der Waals surface area contributed by atoms with Crippen molar-refractivity contribution in [1.82, 2.24) is 9.80 Å². The highest BCUT2D eigenvalue weighted by atomic mass is 35.5. The molecule has 4 atom stereocenters. The van der Waals surface area contributed by atoms with Crippen molar-refractivity contribution < 1.29 is 13.9 Å². The minimum Gasteiger partial charge on any atom is -0.390 e. The fourth-order valence-corrected chi connectivity index (χ4v) is 8.80. The summed E-state index contributed by atoms with van der Waals surface area (Å²) in [5, 5.41) is 22.1. The Bertz CT molecular complexity index is 1650. The van der Waals surface area contributed by atoms with E-state index in [2.05, 4.69) is 52.1 Å². The van der Waals surface area contributed by atoms with Crippen molar-refractivity contribution in [2.24, 2.45) is 4.99 Å². The number of halogens is 3. The number of alkyl halides is 1. The van der Waals surface area contributed by atoms with Gasteiger partial charge in [-0.25, -0.2) is 8.78 Å². The molecule has 3 heterocycles. The first-order valence-electron chi connectivity index (χ1n) is 17.5. The molecule has 4 aliphatic rings. The molecule has 9 heteroatoms. The van der Waals surface area contributed by atoms with E-state index in [0.29, 0.717) is 24.4 Å². The van der Waals surface area contributed by atoms with Crippen molar-refractivity contribution in [3.8, 4) is 0 Å². The van der Waals surface area contributed by atoms with Gasteiger partial charge in [0.25, 0.3) is 0 Å². The molecule has 0 bridgehead atoms. The molecule has 5 nitrogen and oxygen atoms in total. The van der Waals surface area contributed by atoms with Gasteiger partial charge in [-0.15, -0.1) is 11.8 Å². The van der Waals surface area contributed by atoms with Gasteiger partial charge in [0.2, 0.25) is 0 Å². The third-order valence-electron chi connectivity index (χ3n) is 10.4. The van der Waals surface area contributed by atoms with E-state index in [4.69, 9.17) is 16.6 Å². The summed E-state index contributed by atoms with van der Waals surface area (Å²) < 4.78 is 27.9. The van der Waals surface area contributed by atoms with Crippen LogP contribution in [0.25, 0.3) is 0 Å². The largest absolute Gasteiger partial charge is 0.390 e. The second kappa shape index (κ2) is 15.4. The van der Waals surface area contributed by atoms with Crippen LogP contribution in [0, 0.1) is 11.2 Å². The third-order valence-corrected chi connectivity index (χ3v) is 11.8. The molecular formula is C40H47ClF2N4OS. The second-order valence-electron chi connectivity index (χ2n) is 14.1. The lowest BCUT2D eigenvalue weighted by molar-refractivity contribution is 0.0172. The van der Waals surface area contributed by atoms with Crippen LogP contribution in [0.3, 0.4) is 0 Å². The van der Waals surface area contributed by atoms with Crippen molar-refractivity contribution in [3.05, 3.63) is 118 Å². The maximum absolute atomic E-state index is 14.2. The van der Waals surface area contributed by atoms with Gasteiger partial charge < -0.3 is 20.3 Å². The molecule has 2 aromatic rings. The number of allylic oxidation sites excluding steroid dienone is 3. The normalized spacial score (nSPS) is 27.4. The van der Waals surface area contributed by atoms with E-state index < -0.39 is 23.6 Å². The molecule has 0 aromatic heterocycles. The number of benzene rings is 2. The summed E-state index contributed by atoms with van der Waals surface area (Å²) in [6.07, 6.45) is 12.8.